The highest BCUT2D eigenvalue weighted by Gasteiger charge is 2.27. The number of carbonyl (C=O) groups excluding carboxylic acids is 1. The maximum absolute atomic E-state index is 15.2. The van der Waals surface area contributed by atoms with Crippen LogP contribution in [0.15, 0.2) is 58.5 Å². The van der Waals surface area contributed by atoms with Crippen molar-refractivity contribution < 1.29 is 26.4 Å². The first-order valence-corrected chi connectivity index (χ1v) is 13.5. The molecule has 0 unspecified atom stereocenters. The van der Waals surface area contributed by atoms with Gasteiger partial charge < -0.3 is 9.80 Å². The topological polar surface area (TPSA) is 70.6 Å². The van der Waals surface area contributed by atoms with Crippen molar-refractivity contribution in [3.63, 3.8) is 0 Å². The second-order valence-electron chi connectivity index (χ2n) is 8.94. The molecule has 0 bridgehead atoms. The van der Waals surface area contributed by atoms with Gasteiger partial charge >= 0.3 is 0 Å². The number of pyridine rings is 1. The minimum atomic E-state index is -4.38. The number of nitrogens with zero attached hydrogens (tertiary/aromatic N) is 3. The number of amides is 1. The van der Waals surface area contributed by atoms with Gasteiger partial charge in [0.2, 0.25) is 15.7 Å². The van der Waals surface area contributed by atoms with Crippen LogP contribution in [0.2, 0.25) is 5.02 Å². The molecule has 1 aliphatic rings. The Morgan fingerprint density at radius 2 is 1.61 bits per heavy atom. The number of halogens is 5. The molecule has 38 heavy (non-hydrogen) atoms. The van der Waals surface area contributed by atoms with Crippen LogP contribution in [0.1, 0.15) is 23.2 Å². The third kappa shape index (κ3) is 6.85. The van der Waals surface area contributed by atoms with Crippen LogP contribution in [-0.2, 0) is 27.5 Å². The number of hydrogen-bond donors (Lipinski definition) is 0. The van der Waals surface area contributed by atoms with Crippen molar-refractivity contribution in [2.24, 2.45) is 0 Å². The minimum Gasteiger partial charge on any atom is -0.340 e. The van der Waals surface area contributed by atoms with E-state index in [9.17, 15) is 22.0 Å². The summed E-state index contributed by atoms with van der Waals surface area (Å²) >= 11 is 5.84. The number of benzene rings is 2. The van der Waals surface area contributed by atoms with Gasteiger partial charge in [-0.2, -0.15) is 0 Å². The van der Waals surface area contributed by atoms with Crippen LogP contribution in [0.5, 0.6) is 0 Å². The van der Waals surface area contributed by atoms with E-state index in [0.29, 0.717) is 18.1 Å². The lowest BCUT2D eigenvalue weighted by molar-refractivity contribution is -0.132. The number of likely N-dealkylation sites (N-methyl/N-ethyl adjacent to an activating group) is 1. The fourth-order valence-corrected chi connectivity index (χ4v) is 5.53. The average molecular weight is 588 g/mol. The number of aromatic nitrogens is 1. The van der Waals surface area contributed by atoms with Crippen LogP contribution < -0.4 is 0 Å². The molecular formula is C26H26Cl2F3N3O3S. The van der Waals surface area contributed by atoms with E-state index in [1.807, 2.05) is 7.05 Å². The van der Waals surface area contributed by atoms with Gasteiger partial charge in [-0.05, 0) is 73.1 Å². The van der Waals surface area contributed by atoms with Crippen molar-refractivity contribution in [1.82, 2.24) is 14.8 Å². The summed E-state index contributed by atoms with van der Waals surface area (Å²) in [6.45, 7) is 2.62. The summed E-state index contributed by atoms with van der Waals surface area (Å²) in [5.74, 6) is -2.62. The van der Waals surface area contributed by atoms with Crippen LogP contribution in [-0.4, -0.2) is 62.3 Å². The molecule has 0 spiro atoms. The second kappa shape index (κ2) is 12.5. The zero-order valence-electron chi connectivity index (χ0n) is 20.5. The Balaban J connectivity index is 0.00000400. The summed E-state index contributed by atoms with van der Waals surface area (Å²) in [4.78, 5) is 20.4. The first kappa shape index (κ1) is 29.9. The molecule has 0 atom stereocenters. The highest BCUT2D eigenvalue weighted by Crippen LogP contribution is 2.27. The van der Waals surface area contributed by atoms with Gasteiger partial charge in [0.15, 0.2) is 10.8 Å². The van der Waals surface area contributed by atoms with Gasteiger partial charge in [-0.15, -0.1) is 12.4 Å². The molecule has 4 rings (SSSR count). The Hall–Kier alpha value is -2.66. The summed E-state index contributed by atoms with van der Waals surface area (Å²) in [5.41, 5.74) is 0.226. The summed E-state index contributed by atoms with van der Waals surface area (Å²) in [6.07, 6.45) is -0.194. The number of piperazine rings is 1. The highest BCUT2D eigenvalue weighted by atomic mass is 35.5. The molecular weight excluding hydrogens is 562 g/mol. The quantitative estimate of drug-likeness (QED) is 0.400. The predicted molar refractivity (Wildman–Crippen MR) is 140 cm³/mol. The maximum atomic E-state index is 15.2. The van der Waals surface area contributed by atoms with Crippen molar-refractivity contribution in [3.8, 4) is 0 Å². The average Bonchev–Trinajstić information content (AvgIpc) is 2.86. The van der Waals surface area contributed by atoms with Crippen LogP contribution in [0.3, 0.4) is 0 Å². The second-order valence-corrected chi connectivity index (χ2v) is 11.2. The Bertz CT molecular complexity index is 1420. The van der Waals surface area contributed by atoms with E-state index in [1.54, 1.807) is 4.90 Å². The van der Waals surface area contributed by atoms with Crippen LogP contribution in [0.4, 0.5) is 13.2 Å². The molecule has 1 amide bonds. The largest absolute Gasteiger partial charge is 0.340 e. The molecule has 2 heterocycles. The summed E-state index contributed by atoms with van der Waals surface area (Å²) < 4.78 is 69.8. The molecule has 1 aliphatic heterocycles. The molecule has 0 saturated carbocycles. The minimum absolute atomic E-state index is 0. The Kier molecular flexibility index (Phi) is 9.80. The fourth-order valence-electron chi connectivity index (χ4n) is 4.14. The third-order valence-corrected chi connectivity index (χ3v) is 8.26. The molecule has 3 aromatic rings. The van der Waals surface area contributed by atoms with Gasteiger partial charge in [0, 0.05) is 49.7 Å². The standard InChI is InChI=1S/C26H25ClF3N3O3S.ClH/c1-32-10-12-33(13-11-32)25(34)9-2-17-15-23(30)26(37(35,36)21-6-3-19(27)4-7-21)31-24(17)16-18-14-20(28)5-8-22(18)29;/h3-8,14-15H,2,9-13,16H2,1H3;1H. The Morgan fingerprint density at radius 1 is 0.947 bits per heavy atom. The lowest BCUT2D eigenvalue weighted by atomic mass is 10.0. The SMILES string of the molecule is CN1CCN(C(=O)CCc2cc(F)c(S(=O)(=O)c3ccc(Cl)cc3)nc2Cc2cc(F)ccc2F)CC1.Cl. The molecule has 0 N–H and O–H groups in total. The fraction of sp³-hybridized carbons (Fsp3) is 0.308. The van der Waals surface area contributed by atoms with Gasteiger partial charge in [-0.25, -0.2) is 26.6 Å². The van der Waals surface area contributed by atoms with Crippen molar-refractivity contribution in [1.29, 1.82) is 0 Å². The van der Waals surface area contributed by atoms with Gasteiger partial charge in [0.05, 0.1) is 4.90 Å². The van der Waals surface area contributed by atoms with Gasteiger partial charge in [-0.3, -0.25) is 4.79 Å². The summed E-state index contributed by atoms with van der Waals surface area (Å²) in [5, 5.41) is -0.536. The first-order valence-electron chi connectivity index (χ1n) is 11.6. The van der Waals surface area contributed by atoms with Crippen LogP contribution in [0, 0.1) is 17.5 Å². The zero-order valence-corrected chi connectivity index (χ0v) is 22.9. The molecule has 2 aromatic carbocycles. The highest BCUT2D eigenvalue weighted by molar-refractivity contribution is 7.91. The van der Waals surface area contributed by atoms with Gasteiger partial charge in [0.25, 0.3) is 0 Å². The monoisotopic (exact) mass is 587 g/mol. The Morgan fingerprint density at radius 3 is 2.26 bits per heavy atom. The normalized spacial score (nSPS) is 14.3. The third-order valence-electron chi connectivity index (χ3n) is 6.32. The number of rotatable bonds is 7. The lowest BCUT2D eigenvalue weighted by Gasteiger charge is -2.32. The van der Waals surface area contributed by atoms with Crippen LogP contribution >= 0.6 is 24.0 Å². The molecule has 1 fully saturated rings. The van der Waals surface area contributed by atoms with Crippen molar-refractivity contribution in [3.05, 3.63) is 87.8 Å². The molecule has 12 heteroatoms. The first-order chi connectivity index (χ1) is 17.5. The zero-order chi connectivity index (χ0) is 26.7. The van der Waals surface area contributed by atoms with E-state index in [0.717, 1.165) is 37.4 Å². The van der Waals surface area contributed by atoms with E-state index in [-0.39, 0.29) is 59.3 Å². The smallest absolute Gasteiger partial charge is 0.226 e. The molecule has 0 radical (unpaired) electrons. The van der Waals surface area contributed by atoms with E-state index in [1.165, 1.54) is 24.3 Å². The number of aryl methyl sites for hydroxylation is 1. The summed E-state index contributed by atoms with van der Waals surface area (Å²) in [7, 11) is -2.42. The molecule has 204 valence electrons. The van der Waals surface area contributed by atoms with Crippen LogP contribution in [0.25, 0.3) is 0 Å². The lowest BCUT2D eigenvalue weighted by Crippen LogP contribution is -2.47. The van der Waals surface area contributed by atoms with Gasteiger partial charge in [0.1, 0.15) is 11.6 Å². The Labute approximate surface area is 230 Å². The summed E-state index contributed by atoms with van der Waals surface area (Å²) in [6, 6.07) is 9.08. The maximum Gasteiger partial charge on any atom is 0.226 e. The molecule has 1 aromatic heterocycles. The molecule has 1 saturated heterocycles. The van der Waals surface area contributed by atoms with Crippen molar-refractivity contribution in [2.75, 3.05) is 33.2 Å². The number of carbonyl (C=O) groups is 1. The van der Waals surface area contributed by atoms with E-state index in [2.05, 4.69) is 9.88 Å². The number of hydrogen-bond acceptors (Lipinski definition) is 5. The molecule has 0 aliphatic carbocycles. The van der Waals surface area contributed by atoms with Crippen molar-refractivity contribution >= 4 is 39.8 Å². The predicted octanol–water partition coefficient (Wildman–Crippen LogP) is 4.70. The number of sulfone groups is 1. The van der Waals surface area contributed by atoms with E-state index in [4.69, 9.17) is 11.6 Å². The molecule has 6 nitrogen and oxygen atoms in total. The van der Waals surface area contributed by atoms with E-state index >= 15 is 4.39 Å². The van der Waals surface area contributed by atoms with E-state index < -0.39 is 32.3 Å². The van der Waals surface area contributed by atoms with Crippen molar-refractivity contribution in [2.45, 2.75) is 29.2 Å². The van der Waals surface area contributed by atoms with Gasteiger partial charge in [-0.1, -0.05) is 11.6 Å².